The van der Waals surface area contributed by atoms with Crippen LogP contribution in [-0.2, 0) is 11.3 Å². The minimum absolute atomic E-state index is 0.306. The zero-order valence-electron chi connectivity index (χ0n) is 19.7. The van der Waals surface area contributed by atoms with Gasteiger partial charge in [0.2, 0.25) is 0 Å². The van der Waals surface area contributed by atoms with Gasteiger partial charge in [-0.25, -0.2) is 9.78 Å². The summed E-state index contributed by atoms with van der Waals surface area (Å²) in [5.74, 6) is 1.82. The number of rotatable bonds is 8. The standard InChI is InChI=1S/C21H31N3O2S2.C2H6/c1-7-12-24(20(25)26-21(4,5)6)14-19-22-13-15(23-19)17-10-11-18(28-17)16(8-2)27-9-3;1-2/h8,10-11,13H,7,9,12,14H2,1-6H3,(H,22,23);1-2H3/b16-8-;. The summed E-state index contributed by atoms with van der Waals surface area (Å²) in [5, 5.41) is 0. The topological polar surface area (TPSA) is 58.2 Å². The van der Waals surface area contributed by atoms with Crippen LogP contribution >= 0.6 is 23.1 Å². The summed E-state index contributed by atoms with van der Waals surface area (Å²) in [6.45, 7) is 17.0. The molecular formula is C23H37N3O2S2. The van der Waals surface area contributed by atoms with E-state index >= 15 is 0 Å². The van der Waals surface area contributed by atoms with Crippen molar-refractivity contribution in [3.05, 3.63) is 35.1 Å². The summed E-state index contributed by atoms with van der Waals surface area (Å²) in [7, 11) is 0. The van der Waals surface area contributed by atoms with Crippen molar-refractivity contribution in [1.29, 1.82) is 0 Å². The minimum Gasteiger partial charge on any atom is -0.444 e. The van der Waals surface area contributed by atoms with E-state index in [2.05, 4.69) is 42.0 Å². The van der Waals surface area contributed by atoms with E-state index in [-0.39, 0.29) is 6.09 Å². The number of nitrogens with one attached hydrogen (secondary N) is 1. The third-order valence-electron chi connectivity index (χ3n) is 3.79. The van der Waals surface area contributed by atoms with Gasteiger partial charge in [0, 0.05) is 16.3 Å². The molecule has 7 heteroatoms. The number of ether oxygens (including phenoxy) is 1. The van der Waals surface area contributed by atoms with E-state index in [1.165, 1.54) is 9.78 Å². The van der Waals surface area contributed by atoms with Crippen molar-refractivity contribution in [2.45, 2.75) is 74.0 Å². The van der Waals surface area contributed by atoms with Gasteiger partial charge in [0.15, 0.2) is 0 Å². The van der Waals surface area contributed by atoms with Crippen molar-refractivity contribution in [3.8, 4) is 10.6 Å². The molecule has 2 heterocycles. The molecular weight excluding hydrogens is 414 g/mol. The van der Waals surface area contributed by atoms with Crippen LogP contribution in [0.25, 0.3) is 15.5 Å². The predicted octanol–water partition coefficient (Wildman–Crippen LogP) is 7.43. The Morgan fingerprint density at radius 3 is 2.57 bits per heavy atom. The molecule has 5 nitrogen and oxygen atoms in total. The molecule has 0 unspecified atom stereocenters. The van der Waals surface area contributed by atoms with Gasteiger partial charge in [0.25, 0.3) is 0 Å². The molecule has 0 fully saturated rings. The second-order valence-electron chi connectivity index (χ2n) is 7.40. The SMILES string of the molecule is C/C=C(\SCC)c1ccc(-c2cnc(CN(CCC)C(=O)OC(C)(C)C)[nH]2)s1.CC. The Bertz CT molecular complexity index is 803. The number of carbonyl (C=O) groups excluding carboxylic acids is 1. The van der Waals surface area contributed by atoms with Crippen LogP contribution in [-0.4, -0.2) is 38.9 Å². The number of hydrogen-bond acceptors (Lipinski definition) is 5. The normalized spacial score (nSPS) is 11.7. The van der Waals surface area contributed by atoms with Gasteiger partial charge in [-0.1, -0.05) is 33.8 Å². The summed E-state index contributed by atoms with van der Waals surface area (Å²) in [6.07, 6.45) is 4.56. The number of allylic oxidation sites excluding steroid dienone is 1. The van der Waals surface area contributed by atoms with Crippen molar-refractivity contribution in [2.75, 3.05) is 12.3 Å². The molecule has 2 aromatic rings. The Balaban J connectivity index is 0.00000218. The van der Waals surface area contributed by atoms with Crippen molar-refractivity contribution in [1.82, 2.24) is 14.9 Å². The van der Waals surface area contributed by atoms with Crippen molar-refractivity contribution < 1.29 is 9.53 Å². The van der Waals surface area contributed by atoms with Gasteiger partial charge in [0.1, 0.15) is 11.4 Å². The molecule has 168 valence electrons. The third-order valence-corrected chi connectivity index (χ3v) is 6.13. The highest BCUT2D eigenvalue weighted by Gasteiger charge is 2.22. The molecule has 0 radical (unpaired) electrons. The average molecular weight is 452 g/mol. The lowest BCUT2D eigenvalue weighted by Gasteiger charge is -2.26. The molecule has 0 saturated carbocycles. The predicted molar refractivity (Wildman–Crippen MR) is 132 cm³/mol. The number of H-pyrrole nitrogens is 1. The Labute approximate surface area is 190 Å². The van der Waals surface area contributed by atoms with Crippen LogP contribution in [0.1, 0.15) is 72.5 Å². The summed E-state index contributed by atoms with van der Waals surface area (Å²) in [6, 6.07) is 4.28. The summed E-state index contributed by atoms with van der Waals surface area (Å²) in [4.78, 5) is 25.7. The van der Waals surface area contributed by atoms with Gasteiger partial charge in [-0.2, -0.15) is 0 Å². The molecule has 0 saturated heterocycles. The molecule has 0 aliphatic carbocycles. The van der Waals surface area contributed by atoms with E-state index in [0.717, 1.165) is 28.6 Å². The quantitative estimate of drug-likeness (QED) is 0.453. The average Bonchev–Trinajstić information content (AvgIpc) is 3.35. The van der Waals surface area contributed by atoms with Gasteiger partial charge >= 0.3 is 6.09 Å². The number of thiophene rings is 1. The Kier molecular flexibility index (Phi) is 11.3. The van der Waals surface area contributed by atoms with Crippen molar-refractivity contribution in [3.63, 3.8) is 0 Å². The van der Waals surface area contributed by atoms with Crippen molar-refractivity contribution >= 4 is 34.1 Å². The molecule has 0 aliphatic heterocycles. The van der Waals surface area contributed by atoms with Gasteiger partial charge in [0.05, 0.1) is 23.3 Å². The largest absolute Gasteiger partial charge is 0.444 e. The number of carbonyl (C=O) groups is 1. The maximum atomic E-state index is 12.5. The molecule has 0 aromatic carbocycles. The number of aromatic nitrogens is 2. The third kappa shape index (κ3) is 8.19. The fraction of sp³-hybridized carbons (Fsp3) is 0.565. The Morgan fingerprint density at radius 1 is 1.30 bits per heavy atom. The number of imidazole rings is 1. The molecule has 30 heavy (non-hydrogen) atoms. The molecule has 2 aromatic heterocycles. The first-order valence-electron chi connectivity index (χ1n) is 10.7. The van der Waals surface area contributed by atoms with Crippen molar-refractivity contribution in [2.24, 2.45) is 0 Å². The van der Waals surface area contributed by atoms with Crippen LogP contribution < -0.4 is 0 Å². The highest BCUT2D eigenvalue weighted by Crippen LogP contribution is 2.36. The maximum absolute atomic E-state index is 12.5. The number of amides is 1. The van der Waals surface area contributed by atoms with Crippen LogP contribution in [0.5, 0.6) is 0 Å². The Hall–Kier alpha value is -1.73. The minimum atomic E-state index is -0.508. The second kappa shape index (κ2) is 12.8. The highest BCUT2D eigenvalue weighted by atomic mass is 32.2. The number of hydrogen-bond donors (Lipinski definition) is 1. The molecule has 0 bridgehead atoms. The molecule has 2 rings (SSSR count). The number of aromatic amines is 1. The van der Waals surface area contributed by atoms with E-state index in [4.69, 9.17) is 4.74 Å². The van der Waals surface area contributed by atoms with E-state index < -0.39 is 5.60 Å². The first kappa shape index (κ1) is 26.3. The zero-order chi connectivity index (χ0) is 22.7. The lowest BCUT2D eigenvalue weighted by atomic mass is 10.2. The fourth-order valence-corrected chi connectivity index (χ4v) is 4.58. The van der Waals surface area contributed by atoms with Crippen LogP contribution in [0, 0.1) is 0 Å². The van der Waals surface area contributed by atoms with Gasteiger partial charge < -0.3 is 14.6 Å². The zero-order valence-corrected chi connectivity index (χ0v) is 21.3. The molecule has 1 amide bonds. The molecule has 0 spiro atoms. The molecule has 1 N–H and O–H groups in total. The number of thioether (sulfide) groups is 1. The maximum Gasteiger partial charge on any atom is 0.410 e. The number of nitrogens with zero attached hydrogens (tertiary/aromatic N) is 2. The lowest BCUT2D eigenvalue weighted by molar-refractivity contribution is 0.0229. The fourth-order valence-electron chi connectivity index (χ4n) is 2.65. The smallest absolute Gasteiger partial charge is 0.410 e. The van der Waals surface area contributed by atoms with Gasteiger partial charge in [-0.3, -0.25) is 0 Å². The highest BCUT2D eigenvalue weighted by molar-refractivity contribution is 8.08. The first-order chi connectivity index (χ1) is 14.3. The summed E-state index contributed by atoms with van der Waals surface area (Å²) < 4.78 is 5.52. The van der Waals surface area contributed by atoms with E-state index in [1.807, 2.05) is 59.5 Å². The summed E-state index contributed by atoms with van der Waals surface area (Å²) in [5.41, 5.74) is 0.468. The Morgan fingerprint density at radius 2 is 2.00 bits per heavy atom. The lowest BCUT2D eigenvalue weighted by Crippen LogP contribution is -2.37. The van der Waals surface area contributed by atoms with Gasteiger partial charge in [-0.15, -0.1) is 23.1 Å². The van der Waals surface area contributed by atoms with Crippen LogP contribution in [0.2, 0.25) is 0 Å². The summed E-state index contributed by atoms with van der Waals surface area (Å²) >= 11 is 3.60. The molecule has 0 atom stereocenters. The molecule has 0 aliphatic rings. The second-order valence-corrected chi connectivity index (χ2v) is 9.78. The van der Waals surface area contributed by atoms with Crippen LogP contribution in [0.4, 0.5) is 4.79 Å². The van der Waals surface area contributed by atoms with E-state index in [1.54, 1.807) is 16.2 Å². The van der Waals surface area contributed by atoms with Gasteiger partial charge in [-0.05, 0) is 52.0 Å². The van der Waals surface area contributed by atoms with Crippen LogP contribution in [0.3, 0.4) is 0 Å². The van der Waals surface area contributed by atoms with Crippen LogP contribution in [0.15, 0.2) is 24.4 Å². The van der Waals surface area contributed by atoms with E-state index in [9.17, 15) is 4.79 Å². The van der Waals surface area contributed by atoms with E-state index in [0.29, 0.717) is 13.1 Å². The first-order valence-corrected chi connectivity index (χ1v) is 12.5. The monoisotopic (exact) mass is 451 g/mol.